The van der Waals surface area contributed by atoms with Crippen LogP contribution in [0.4, 0.5) is 0 Å². The van der Waals surface area contributed by atoms with Crippen LogP contribution in [0.25, 0.3) is 11.3 Å². The lowest BCUT2D eigenvalue weighted by atomic mass is 10.1. The zero-order chi connectivity index (χ0) is 10.7. The summed E-state index contributed by atoms with van der Waals surface area (Å²) in [6.07, 6.45) is 2.61. The van der Waals surface area contributed by atoms with Gasteiger partial charge >= 0.3 is 0 Å². The Morgan fingerprint density at radius 1 is 1.20 bits per heavy atom. The molecule has 0 unspecified atom stereocenters. The summed E-state index contributed by atoms with van der Waals surface area (Å²) in [4.78, 5) is 8.26. The van der Waals surface area contributed by atoms with E-state index in [1.807, 2.05) is 6.07 Å². The first kappa shape index (κ1) is 10.3. The maximum absolute atomic E-state index is 4.24. The molecule has 1 aromatic carbocycles. The molecule has 0 aliphatic heterocycles. The number of halogens is 1. The van der Waals surface area contributed by atoms with Crippen molar-refractivity contribution in [3.63, 3.8) is 0 Å². The standard InChI is InChI=1S/C12H11BrN2/c1-2-9-4-3-5-10(6-9)11-7-12(13)15-8-14-11/h3-8H,2H2,1H3. The second-order valence-electron chi connectivity index (χ2n) is 3.28. The highest BCUT2D eigenvalue weighted by Gasteiger charge is 2.00. The van der Waals surface area contributed by atoms with Crippen LogP contribution in [-0.4, -0.2) is 9.97 Å². The van der Waals surface area contributed by atoms with Gasteiger partial charge in [-0.15, -0.1) is 0 Å². The minimum Gasteiger partial charge on any atom is -0.236 e. The molecular formula is C12H11BrN2. The minimum atomic E-state index is 0.814. The summed E-state index contributed by atoms with van der Waals surface area (Å²) in [5, 5.41) is 0. The fraction of sp³-hybridized carbons (Fsp3) is 0.167. The predicted molar refractivity (Wildman–Crippen MR) is 64.5 cm³/mol. The third-order valence-electron chi connectivity index (χ3n) is 2.26. The monoisotopic (exact) mass is 262 g/mol. The van der Waals surface area contributed by atoms with Gasteiger partial charge in [-0.1, -0.05) is 25.1 Å². The number of aromatic nitrogens is 2. The van der Waals surface area contributed by atoms with Crippen LogP contribution in [0, 0.1) is 0 Å². The maximum atomic E-state index is 4.24. The van der Waals surface area contributed by atoms with Crippen LogP contribution in [0.5, 0.6) is 0 Å². The largest absolute Gasteiger partial charge is 0.236 e. The van der Waals surface area contributed by atoms with Gasteiger partial charge in [-0.05, 0) is 40.0 Å². The molecule has 0 saturated heterocycles. The van der Waals surface area contributed by atoms with E-state index in [-0.39, 0.29) is 0 Å². The SMILES string of the molecule is CCc1cccc(-c2cc(Br)ncn2)c1. The van der Waals surface area contributed by atoms with Crippen molar-refractivity contribution in [1.82, 2.24) is 9.97 Å². The quantitative estimate of drug-likeness (QED) is 0.775. The lowest BCUT2D eigenvalue weighted by Crippen LogP contribution is -1.87. The third kappa shape index (κ3) is 2.42. The van der Waals surface area contributed by atoms with Crippen molar-refractivity contribution < 1.29 is 0 Å². The minimum absolute atomic E-state index is 0.814. The summed E-state index contributed by atoms with van der Waals surface area (Å²) in [5.41, 5.74) is 3.41. The van der Waals surface area contributed by atoms with Gasteiger partial charge in [-0.3, -0.25) is 0 Å². The second-order valence-corrected chi connectivity index (χ2v) is 4.09. The van der Waals surface area contributed by atoms with E-state index in [9.17, 15) is 0 Å². The van der Waals surface area contributed by atoms with Crippen LogP contribution in [0.2, 0.25) is 0 Å². The molecule has 0 radical (unpaired) electrons. The molecule has 1 heterocycles. The van der Waals surface area contributed by atoms with Crippen molar-refractivity contribution in [2.75, 3.05) is 0 Å². The number of hydrogen-bond acceptors (Lipinski definition) is 2. The Labute approximate surface area is 97.5 Å². The Balaban J connectivity index is 2.44. The van der Waals surface area contributed by atoms with E-state index in [1.54, 1.807) is 6.33 Å². The Hall–Kier alpha value is -1.22. The van der Waals surface area contributed by atoms with Gasteiger partial charge in [0, 0.05) is 5.56 Å². The number of nitrogens with zero attached hydrogens (tertiary/aromatic N) is 2. The van der Waals surface area contributed by atoms with E-state index in [4.69, 9.17) is 0 Å². The zero-order valence-electron chi connectivity index (χ0n) is 8.44. The molecule has 2 aromatic rings. The van der Waals surface area contributed by atoms with Crippen LogP contribution in [0.3, 0.4) is 0 Å². The number of benzene rings is 1. The molecule has 0 aliphatic carbocycles. The van der Waals surface area contributed by atoms with E-state index < -0.39 is 0 Å². The van der Waals surface area contributed by atoms with Crippen LogP contribution in [0.15, 0.2) is 41.3 Å². The van der Waals surface area contributed by atoms with Crippen molar-refractivity contribution in [2.24, 2.45) is 0 Å². The molecule has 0 saturated carbocycles. The molecule has 2 rings (SSSR count). The van der Waals surface area contributed by atoms with Gasteiger partial charge in [0.2, 0.25) is 0 Å². The molecule has 0 bridgehead atoms. The summed E-state index contributed by atoms with van der Waals surface area (Å²) in [6.45, 7) is 2.15. The first-order valence-corrected chi connectivity index (χ1v) is 5.65. The van der Waals surface area contributed by atoms with Gasteiger partial charge < -0.3 is 0 Å². The topological polar surface area (TPSA) is 25.8 Å². The molecule has 2 nitrogen and oxygen atoms in total. The molecule has 76 valence electrons. The van der Waals surface area contributed by atoms with Crippen molar-refractivity contribution in [3.05, 3.63) is 46.8 Å². The van der Waals surface area contributed by atoms with Crippen molar-refractivity contribution >= 4 is 15.9 Å². The average molecular weight is 263 g/mol. The molecular weight excluding hydrogens is 252 g/mol. The van der Waals surface area contributed by atoms with Crippen LogP contribution >= 0.6 is 15.9 Å². The fourth-order valence-electron chi connectivity index (χ4n) is 1.44. The van der Waals surface area contributed by atoms with Gasteiger partial charge in [0.05, 0.1) is 5.69 Å². The van der Waals surface area contributed by atoms with Gasteiger partial charge in [0.15, 0.2) is 0 Å². The van der Waals surface area contributed by atoms with E-state index >= 15 is 0 Å². The predicted octanol–water partition coefficient (Wildman–Crippen LogP) is 3.47. The molecule has 0 fully saturated rings. The van der Waals surface area contributed by atoms with E-state index in [1.165, 1.54) is 5.56 Å². The summed E-state index contributed by atoms with van der Waals surface area (Å²) < 4.78 is 0.814. The highest BCUT2D eigenvalue weighted by molar-refractivity contribution is 9.10. The molecule has 0 spiro atoms. The van der Waals surface area contributed by atoms with Gasteiger partial charge in [-0.25, -0.2) is 9.97 Å². The maximum Gasteiger partial charge on any atom is 0.117 e. The van der Waals surface area contributed by atoms with Gasteiger partial charge in [0.1, 0.15) is 10.9 Å². The van der Waals surface area contributed by atoms with Crippen LogP contribution in [-0.2, 0) is 6.42 Å². The van der Waals surface area contributed by atoms with E-state index in [2.05, 4.69) is 57.1 Å². The molecule has 0 N–H and O–H groups in total. The molecule has 0 atom stereocenters. The summed E-state index contributed by atoms with van der Waals surface area (Å²) in [6, 6.07) is 10.3. The molecule has 0 amide bonds. The Kier molecular flexibility index (Phi) is 3.11. The third-order valence-corrected chi connectivity index (χ3v) is 2.70. The van der Waals surface area contributed by atoms with Crippen LogP contribution < -0.4 is 0 Å². The van der Waals surface area contributed by atoms with E-state index in [0.717, 1.165) is 22.3 Å². The lowest BCUT2D eigenvalue weighted by molar-refractivity contribution is 1.12. The number of aryl methyl sites for hydroxylation is 1. The Bertz CT molecular complexity index is 469. The Morgan fingerprint density at radius 2 is 2.07 bits per heavy atom. The van der Waals surface area contributed by atoms with Crippen molar-refractivity contribution in [1.29, 1.82) is 0 Å². The number of rotatable bonds is 2. The smallest absolute Gasteiger partial charge is 0.117 e. The summed E-state index contributed by atoms with van der Waals surface area (Å²) in [7, 11) is 0. The normalized spacial score (nSPS) is 10.3. The van der Waals surface area contributed by atoms with Crippen molar-refractivity contribution in [3.8, 4) is 11.3 Å². The van der Waals surface area contributed by atoms with Gasteiger partial charge in [0.25, 0.3) is 0 Å². The summed E-state index contributed by atoms with van der Waals surface area (Å²) in [5.74, 6) is 0. The first-order valence-electron chi connectivity index (χ1n) is 4.86. The lowest BCUT2D eigenvalue weighted by Gasteiger charge is -2.02. The second kappa shape index (κ2) is 4.53. The highest BCUT2D eigenvalue weighted by Crippen LogP contribution is 2.20. The molecule has 0 aliphatic rings. The van der Waals surface area contributed by atoms with E-state index in [0.29, 0.717) is 0 Å². The first-order chi connectivity index (χ1) is 7.29. The highest BCUT2D eigenvalue weighted by atomic mass is 79.9. The molecule has 15 heavy (non-hydrogen) atoms. The fourth-order valence-corrected chi connectivity index (χ4v) is 1.75. The van der Waals surface area contributed by atoms with Crippen LogP contribution in [0.1, 0.15) is 12.5 Å². The molecule has 3 heteroatoms. The Morgan fingerprint density at radius 3 is 2.80 bits per heavy atom. The summed E-state index contributed by atoms with van der Waals surface area (Å²) >= 11 is 3.34. The van der Waals surface area contributed by atoms with Crippen molar-refractivity contribution in [2.45, 2.75) is 13.3 Å². The average Bonchev–Trinajstić information content (AvgIpc) is 2.29. The molecule has 1 aromatic heterocycles. The number of hydrogen-bond donors (Lipinski definition) is 0. The zero-order valence-corrected chi connectivity index (χ0v) is 10.0. The van der Waals surface area contributed by atoms with Gasteiger partial charge in [-0.2, -0.15) is 0 Å².